The largest absolute Gasteiger partial charge is 0.396 e. The number of carbonyl (C=O) groups is 1. The maximum Gasteiger partial charge on any atom is 0.266 e. The average molecular weight is 308 g/mol. The number of hydrogen-bond acceptors (Lipinski definition) is 6. The van der Waals surface area contributed by atoms with Crippen LogP contribution in [0.25, 0.3) is 10.3 Å². The summed E-state index contributed by atoms with van der Waals surface area (Å²) in [6.07, 6.45) is 4.31. The molecule has 0 saturated carbocycles. The highest BCUT2D eigenvalue weighted by molar-refractivity contribution is 8.00. The SMILES string of the molecule is CCC1CN(C(=O)c2sc3nccnc3c2N)CCS1. The van der Waals surface area contributed by atoms with Gasteiger partial charge in [-0.1, -0.05) is 6.92 Å². The van der Waals surface area contributed by atoms with Gasteiger partial charge in [-0.15, -0.1) is 11.3 Å². The summed E-state index contributed by atoms with van der Waals surface area (Å²) in [5, 5.41) is 0.527. The minimum absolute atomic E-state index is 0.0195. The van der Waals surface area contributed by atoms with Gasteiger partial charge in [-0.3, -0.25) is 4.79 Å². The summed E-state index contributed by atoms with van der Waals surface area (Å²) in [5.74, 6) is 1.01. The van der Waals surface area contributed by atoms with Crippen molar-refractivity contribution in [3.05, 3.63) is 17.3 Å². The fraction of sp³-hybridized carbons (Fsp3) is 0.462. The van der Waals surface area contributed by atoms with Gasteiger partial charge in [0, 0.05) is 36.5 Å². The molecule has 1 fully saturated rings. The van der Waals surface area contributed by atoms with E-state index in [1.165, 1.54) is 11.3 Å². The van der Waals surface area contributed by atoms with Gasteiger partial charge in [-0.2, -0.15) is 11.8 Å². The number of thiophene rings is 1. The lowest BCUT2D eigenvalue weighted by Gasteiger charge is -2.31. The van der Waals surface area contributed by atoms with Crippen LogP contribution in [0.1, 0.15) is 23.0 Å². The van der Waals surface area contributed by atoms with E-state index in [0.29, 0.717) is 21.3 Å². The van der Waals surface area contributed by atoms with E-state index in [2.05, 4.69) is 16.9 Å². The molecular formula is C13H16N4OS2. The number of aromatic nitrogens is 2. The Balaban J connectivity index is 1.90. The highest BCUT2D eigenvalue weighted by Gasteiger charge is 2.27. The van der Waals surface area contributed by atoms with Gasteiger partial charge in [0.05, 0.1) is 5.69 Å². The number of amides is 1. The maximum absolute atomic E-state index is 12.6. The van der Waals surface area contributed by atoms with Gasteiger partial charge in [0.1, 0.15) is 15.2 Å². The Kier molecular flexibility index (Phi) is 3.80. The molecule has 1 atom stereocenters. The molecule has 1 aliphatic heterocycles. The molecule has 20 heavy (non-hydrogen) atoms. The number of anilines is 1. The van der Waals surface area contributed by atoms with Gasteiger partial charge in [-0.25, -0.2) is 9.97 Å². The van der Waals surface area contributed by atoms with Crippen molar-refractivity contribution >= 4 is 45.0 Å². The Morgan fingerprint density at radius 2 is 2.30 bits per heavy atom. The molecule has 7 heteroatoms. The Morgan fingerprint density at radius 3 is 3.05 bits per heavy atom. The first kappa shape index (κ1) is 13.6. The molecule has 1 aliphatic rings. The third kappa shape index (κ3) is 2.35. The van der Waals surface area contributed by atoms with Crippen LogP contribution in [-0.2, 0) is 0 Å². The fourth-order valence-corrected chi connectivity index (χ4v) is 4.47. The van der Waals surface area contributed by atoms with E-state index in [1.807, 2.05) is 16.7 Å². The number of hydrogen-bond donors (Lipinski definition) is 1. The molecular weight excluding hydrogens is 292 g/mol. The van der Waals surface area contributed by atoms with Gasteiger partial charge in [0.15, 0.2) is 0 Å². The van der Waals surface area contributed by atoms with Crippen molar-refractivity contribution < 1.29 is 4.79 Å². The van der Waals surface area contributed by atoms with Gasteiger partial charge in [0.25, 0.3) is 5.91 Å². The summed E-state index contributed by atoms with van der Waals surface area (Å²) in [7, 11) is 0. The van der Waals surface area contributed by atoms with E-state index in [-0.39, 0.29) is 5.91 Å². The topological polar surface area (TPSA) is 72.1 Å². The number of nitrogens with two attached hydrogens (primary N) is 1. The van der Waals surface area contributed by atoms with Gasteiger partial charge in [0.2, 0.25) is 0 Å². The van der Waals surface area contributed by atoms with Crippen molar-refractivity contribution in [1.29, 1.82) is 0 Å². The summed E-state index contributed by atoms with van der Waals surface area (Å²) in [4.78, 5) is 24.3. The Morgan fingerprint density at radius 1 is 1.50 bits per heavy atom. The van der Waals surface area contributed by atoms with Crippen molar-refractivity contribution in [2.75, 3.05) is 24.6 Å². The van der Waals surface area contributed by atoms with Crippen molar-refractivity contribution in [1.82, 2.24) is 14.9 Å². The average Bonchev–Trinajstić information content (AvgIpc) is 2.84. The van der Waals surface area contributed by atoms with Crippen LogP contribution in [0.2, 0.25) is 0 Å². The Bertz CT molecular complexity index is 642. The number of thioether (sulfide) groups is 1. The number of nitrogens with zero attached hydrogens (tertiary/aromatic N) is 3. The second-order valence-electron chi connectivity index (χ2n) is 4.71. The molecule has 0 radical (unpaired) electrons. The van der Waals surface area contributed by atoms with E-state index in [9.17, 15) is 4.79 Å². The van der Waals surface area contributed by atoms with Crippen LogP contribution in [0.4, 0.5) is 5.69 Å². The molecule has 106 valence electrons. The minimum atomic E-state index is 0.0195. The second-order valence-corrected chi connectivity index (χ2v) is 7.11. The summed E-state index contributed by atoms with van der Waals surface area (Å²) in [5.41, 5.74) is 7.17. The zero-order valence-electron chi connectivity index (χ0n) is 11.2. The minimum Gasteiger partial charge on any atom is -0.396 e. The van der Waals surface area contributed by atoms with Crippen LogP contribution in [0.3, 0.4) is 0 Å². The molecule has 1 unspecified atom stereocenters. The van der Waals surface area contributed by atoms with E-state index < -0.39 is 0 Å². The van der Waals surface area contributed by atoms with Crippen molar-refractivity contribution in [3.63, 3.8) is 0 Å². The monoisotopic (exact) mass is 308 g/mol. The molecule has 2 aromatic rings. The summed E-state index contributed by atoms with van der Waals surface area (Å²) in [6, 6.07) is 0. The van der Waals surface area contributed by atoms with Crippen LogP contribution in [0.15, 0.2) is 12.4 Å². The first-order valence-corrected chi connectivity index (χ1v) is 8.47. The van der Waals surface area contributed by atoms with Crippen LogP contribution in [0, 0.1) is 0 Å². The normalized spacial score (nSPS) is 19.4. The number of carbonyl (C=O) groups excluding carboxylic acids is 1. The summed E-state index contributed by atoms with van der Waals surface area (Å²) < 4.78 is 0. The lowest BCUT2D eigenvalue weighted by atomic mass is 10.2. The second kappa shape index (κ2) is 5.57. The highest BCUT2D eigenvalue weighted by Crippen LogP contribution is 2.32. The maximum atomic E-state index is 12.6. The predicted molar refractivity (Wildman–Crippen MR) is 84.3 cm³/mol. The highest BCUT2D eigenvalue weighted by atomic mass is 32.2. The van der Waals surface area contributed by atoms with Crippen molar-refractivity contribution in [3.8, 4) is 0 Å². The van der Waals surface area contributed by atoms with E-state index in [1.54, 1.807) is 12.4 Å². The lowest BCUT2D eigenvalue weighted by molar-refractivity contribution is 0.0767. The molecule has 0 bridgehead atoms. The van der Waals surface area contributed by atoms with Crippen molar-refractivity contribution in [2.24, 2.45) is 0 Å². The van der Waals surface area contributed by atoms with Crippen LogP contribution < -0.4 is 5.73 Å². The van der Waals surface area contributed by atoms with E-state index in [4.69, 9.17) is 5.73 Å². The molecule has 5 nitrogen and oxygen atoms in total. The smallest absolute Gasteiger partial charge is 0.266 e. The van der Waals surface area contributed by atoms with Gasteiger partial charge in [-0.05, 0) is 6.42 Å². The predicted octanol–water partition coefficient (Wildman–Crippen LogP) is 2.24. The van der Waals surface area contributed by atoms with Crippen LogP contribution in [0.5, 0.6) is 0 Å². The number of fused-ring (bicyclic) bond motifs is 1. The van der Waals surface area contributed by atoms with E-state index >= 15 is 0 Å². The van der Waals surface area contributed by atoms with Crippen molar-refractivity contribution in [2.45, 2.75) is 18.6 Å². The third-order valence-corrected chi connectivity index (χ3v) is 5.90. The van der Waals surface area contributed by atoms with Gasteiger partial charge >= 0.3 is 0 Å². The molecule has 0 aliphatic carbocycles. The molecule has 3 rings (SSSR count). The Labute approximate surface area is 125 Å². The number of nitrogen functional groups attached to an aromatic ring is 1. The molecule has 0 spiro atoms. The molecule has 2 N–H and O–H groups in total. The van der Waals surface area contributed by atoms with Crippen LogP contribution in [-0.4, -0.2) is 44.9 Å². The third-order valence-electron chi connectivity index (χ3n) is 3.44. The molecule has 3 heterocycles. The van der Waals surface area contributed by atoms with Gasteiger partial charge < -0.3 is 10.6 Å². The quantitative estimate of drug-likeness (QED) is 0.921. The summed E-state index contributed by atoms with van der Waals surface area (Å²) in [6.45, 7) is 3.75. The van der Waals surface area contributed by atoms with E-state index in [0.717, 1.165) is 30.1 Å². The zero-order chi connectivity index (χ0) is 14.1. The molecule has 1 amide bonds. The zero-order valence-corrected chi connectivity index (χ0v) is 12.8. The summed E-state index contributed by atoms with van der Waals surface area (Å²) >= 11 is 3.28. The first-order valence-electron chi connectivity index (χ1n) is 6.60. The number of rotatable bonds is 2. The lowest BCUT2D eigenvalue weighted by Crippen LogP contribution is -2.41. The fourth-order valence-electron chi connectivity index (χ4n) is 2.30. The Hall–Kier alpha value is -1.34. The first-order chi connectivity index (χ1) is 9.70. The molecule has 0 aromatic carbocycles. The molecule has 2 aromatic heterocycles. The van der Waals surface area contributed by atoms with Crippen LogP contribution >= 0.6 is 23.1 Å². The standard InChI is InChI=1S/C13H16N4OS2/c1-2-8-7-17(5-6-19-8)13(18)11-9(14)10-12(20-11)16-4-3-15-10/h3-4,8H,2,5-7,14H2,1H3. The molecule has 1 saturated heterocycles.